The Hall–Kier alpha value is -3.18. The van der Waals surface area contributed by atoms with Gasteiger partial charge in [-0.15, -0.1) is 5.10 Å². The number of anilines is 1. The molecule has 0 aliphatic heterocycles. The van der Waals surface area contributed by atoms with Crippen LogP contribution in [0.25, 0.3) is 5.69 Å². The molecule has 7 nitrogen and oxygen atoms in total. The largest absolute Gasteiger partial charge is 0.310 e. The van der Waals surface area contributed by atoms with E-state index in [1.807, 2.05) is 69.3 Å². The number of rotatable bonds is 7. The van der Waals surface area contributed by atoms with E-state index in [1.54, 1.807) is 9.58 Å². The third-order valence-electron chi connectivity index (χ3n) is 4.50. The lowest BCUT2D eigenvalue weighted by Crippen LogP contribution is -2.37. The van der Waals surface area contributed by atoms with Crippen LogP contribution in [0.15, 0.2) is 53.7 Å². The molecule has 148 valence electrons. The van der Waals surface area contributed by atoms with Gasteiger partial charge in [0.25, 0.3) is 0 Å². The highest BCUT2D eigenvalue weighted by Gasteiger charge is 2.25. The summed E-state index contributed by atoms with van der Waals surface area (Å²) in [6.45, 7) is 6.18. The van der Waals surface area contributed by atoms with Crippen LogP contribution >= 0.6 is 11.8 Å². The van der Waals surface area contributed by atoms with Gasteiger partial charge in [-0.05, 0) is 54.5 Å². The molecule has 1 aromatic heterocycles. The van der Waals surface area contributed by atoms with Gasteiger partial charge in [-0.25, -0.2) is 0 Å². The molecule has 3 rings (SSSR count). The standard InChI is InChI=1S/C21H22N6OS/c1-15-9-7-10-16(2)19(15)27-21(23-24-25-27)29-17(3)20(28)26(14-8-13-22)18-11-5-4-6-12-18/h4-7,9-12,17H,8,14H2,1-3H3/t17-/m0/s1. The van der Waals surface area contributed by atoms with E-state index in [2.05, 4.69) is 21.6 Å². The number of para-hydroxylation sites is 2. The van der Waals surface area contributed by atoms with Gasteiger partial charge in [-0.2, -0.15) is 9.94 Å². The first-order chi connectivity index (χ1) is 14.0. The molecule has 0 saturated heterocycles. The zero-order valence-electron chi connectivity index (χ0n) is 16.6. The minimum absolute atomic E-state index is 0.0903. The minimum Gasteiger partial charge on any atom is -0.310 e. The normalized spacial score (nSPS) is 11.7. The van der Waals surface area contributed by atoms with Gasteiger partial charge in [0, 0.05) is 12.2 Å². The van der Waals surface area contributed by atoms with Crippen LogP contribution in [0, 0.1) is 25.2 Å². The quantitative estimate of drug-likeness (QED) is 0.556. The van der Waals surface area contributed by atoms with Crippen molar-refractivity contribution in [1.29, 1.82) is 5.26 Å². The van der Waals surface area contributed by atoms with Crippen LogP contribution < -0.4 is 4.90 Å². The van der Waals surface area contributed by atoms with Gasteiger partial charge >= 0.3 is 0 Å². The molecule has 0 unspecified atom stereocenters. The number of benzene rings is 2. The van der Waals surface area contributed by atoms with Crippen molar-refractivity contribution in [2.24, 2.45) is 0 Å². The summed E-state index contributed by atoms with van der Waals surface area (Å²) in [5.74, 6) is -0.0903. The number of nitrogens with zero attached hydrogens (tertiary/aromatic N) is 6. The first-order valence-corrected chi connectivity index (χ1v) is 10.2. The molecule has 0 saturated carbocycles. The van der Waals surface area contributed by atoms with Gasteiger partial charge in [-0.3, -0.25) is 4.79 Å². The second kappa shape index (κ2) is 9.34. The molecule has 0 N–H and O–H groups in total. The Labute approximate surface area is 174 Å². The zero-order chi connectivity index (χ0) is 20.8. The molecular formula is C21H22N6OS. The van der Waals surface area contributed by atoms with Crippen LogP contribution in [0.4, 0.5) is 5.69 Å². The molecule has 0 aliphatic rings. The number of tetrazole rings is 1. The molecular weight excluding hydrogens is 384 g/mol. The molecule has 0 fully saturated rings. The maximum atomic E-state index is 13.2. The lowest BCUT2D eigenvalue weighted by atomic mass is 10.1. The van der Waals surface area contributed by atoms with E-state index in [-0.39, 0.29) is 12.3 Å². The van der Waals surface area contributed by atoms with Gasteiger partial charge in [0.1, 0.15) is 0 Å². The van der Waals surface area contributed by atoms with E-state index in [0.29, 0.717) is 11.7 Å². The highest BCUT2D eigenvalue weighted by atomic mass is 32.2. The fourth-order valence-electron chi connectivity index (χ4n) is 3.10. The summed E-state index contributed by atoms with van der Waals surface area (Å²) in [5.41, 5.74) is 3.80. The topological polar surface area (TPSA) is 87.7 Å². The van der Waals surface area contributed by atoms with E-state index in [0.717, 1.165) is 22.5 Å². The Morgan fingerprint density at radius 2 is 1.86 bits per heavy atom. The number of nitriles is 1. The molecule has 3 aromatic rings. The first-order valence-electron chi connectivity index (χ1n) is 9.28. The molecule has 1 heterocycles. The number of hydrogen-bond acceptors (Lipinski definition) is 6. The van der Waals surface area contributed by atoms with Crippen molar-refractivity contribution in [3.63, 3.8) is 0 Å². The number of aryl methyl sites for hydroxylation is 2. The average Bonchev–Trinajstić information content (AvgIpc) is 3.16. The number of amides is 1. The summed E-state index contributed by atoms with van der Waals surface area (Å²) in [6, 6.07) is 17.5. The van der Waals surface area contributed by atoms with E-state index in [1.165, 1.54) is 11.8 Å². The van der Waals surface area contributed by atoms with Crippen molar-refractivity contribution >= 4 is 23.4 Å². The van der Waals surface area contributed by atoms with E-state index in [9.17, 15) is 4.79 Å². The Morgan fingerprint density at radius 1 is 1.17 bits per heavy atom. The van der Waals surface area contributed by atoms with Crippen LogP contribution in [0.1, 0.15) is 24.5 Å². The third-order valence-corrected chi connectivity index (χ3v) is 5.52. The zero-order valence-corrected chi connectivity index (χ0v) is 17.4. The van der Waals surface area contributed by atoms with Crippen LogP contribution in [0.3, 0.4) is 0 Å². The Bertz CT molecular complexity index is 1010. The minimum atomic E-state index is -0.428. The summed E-state index contributed by atoms with van der Waals surface area (Å²) in [6.07, 6.45) is 0.262. The molecule has 8 heteroatoms. The third kappa shape index (κ3) is 4.63. The number of hydrogen-bond donors (Lipinski definition) is 0. The van der Waals surface area contributed by atoms with E-state index < -0.39 is 5.25 Å². The molecule has 2 aromatic carbocycles. The molecule has 0 bridgehead atoms. The van der Waals surface area contributed by atoms with Gasteiger partial charge in [-0.1, -0.05) is 48.2 Å². The number of aromatic nitrogens is 4. The predicted molar refractivity (Wildman–Crippen MR) is 113 cm³/mol. The Balaban J connectivity index is 1.85. The maximum absolute atomic E-state index is 13.2. The molecule has 0 spiro atoms. The molecule has 0 aliphatic carbocycles. The SMILES string of the molecule is Cc1cccc(C)c1-n1nnnc1S[C@@H](C)C(=O)N(CCC#N)c1ccccc1. The van der Waals surface area contributed by atoms with Gasteiger partial charge in [0.15, 0.2) is 0 Å². The van der Waals surface area contributed by atoms with Crippen LogP contribution in [0.5, 0.6) is 0 Å². The van der Waals surface area contributed by atoms with Gasteiger partial charge in [0.05, 0.1) is 23.4 Å². The van der Waals surface area contributed by atoms with E-state index >= 15 is 0 Å². The predicted octanol–water partition coefficient (Wildman–Crippen LogP) is 3.71. The van der Waals surface area contributed by atoms with Crippen molar-refractivity contribution in [1.82, 2.24) is 20.2 Å². The maximum Gasteiger partial charge on any atom is 0.240 e. The van der Waals surface area contributed by atoms with Crippen LogP contribution in [-0.4, -0.2) is 37.9 Å². The molecule has 1 amide bonds. The highest BCUT2D eigenvalue weighted by molar-refractivity contribution is 8.00. The summed E-state index contributed by atoms with van der Waals surface area (Å²) in [4.78, 5) is 14.8. The second-order valence-electron chi connectivity index (χ2n) is 6.61. The van der Waals surface area contributed by atoms with E-state index in [4.69, 9.17) is 5.26 Å². The Kier molecular flexibility index (Phi) is 6.62. The fourth-order valence-corrected chi connectivity index (χ4v) is 3.95. The molecule has 29 heavy (non-hydrogen) atoms. The van der Waals surface area contributed by atoms with Crippen molar-refractivity contribution in [2.45, 2.75) is 37.6 Å². The first kappa shape index (κ1) is 20.6. The summed E-state index contributed by atoms with van der Waals surface area (Å²) < 4.78 is 1.68. The van der Waals surface area contributed by atoms with Crippen molar-refractivity contribution in [3.05, 3.63) is 59.7 Å². The van der Waals surface area contributed by atoms with Crippen LogP contribution in [-0.2, 0) is 4.79 Å². The molecule has 0 radical (unpaired) electrons. The van der Waals surface area contributed by atoms with Crippen molar-refractivity contribution in [2.75, 3.05) is 11.4 Å². The van der Waals surface area contributed by atoms with Crippen molar-refractivity contribution in [3.8, 4) is 11.8 Å². The van der Waals surface area contributed by atoms with Crippen LogP contribution in [0.2, 0.25) is 0 Å². The summed E-state index contributed by atoms with van der Waals surface area (Å²) in [5, 5.41) is 21.2. The molecule has 1 atom stereocenters. The fraction of sp³-hybridized carbons (Fsp3) is 0.286. The van der Waals surface area contributed by atoms with Gasteiger partial charge < -0.3 is 4.90 Å². The lowest BCUT2D eigenvalue weighted by molar-refractivity contribution is -0.117. The lowest BCUT2D eigenvalue weighted by Gasteiger charge is -2.24. The number of carbonyl (C=O) groups is 1. The smallest absolute Gasteiger partial charge is 0.240 e. The monoisotopic (exact) mass is 406 g/mol. The number of carbonyl (C=O) groups excluding carboxylic acids is 1. The highest BCUT2D eigenvalue weighted by Crippen LogP contribution is 2.28. The summed E-state index contributed by atoms with van der Waals surface area (Å²) in [7, 11) is 0. The van der Waals surface area contributed by atoms with Crippen molar-refractivity contribution < 1.29 is 4.79 Å². The number of thioether (sulfide) groups is 1. The average molecular weight is 407 g/mol. The van der Waals surface area contributed by atoms with Gasteiger partial charge in [0.2, 0.25) is 11.1 Å². The Morgan fingerprint density at radius 3 is 2.52 bits per heavy atom. The summed E-state index contributed by atoms with van der Waals surface area (Å²) >= 11 is 1.31. The second-order valence-corrected chi connectivity index (χ2v) is 7.92.